The molecule has 0 radical (unpaired) electrons. The van der Waals surface area contributed by atoms with Crippen molar-refractivity contribution in [2.24, 2.45) is 0 Å². The Morgan fingerprint density at radius 3 is 2.86 bits per heavy atom. The maximum absolute atomic E-state index is 12.1. The molecule has 8 heteroatoms. The molecule has 0 saturated carbocycles. The Balaban J connectivity index is 1.86. The molecular formula is C14H19N7O. The van der Waals surface area contributed by atoms with E-state index >= 15 is 0 Å². The van der Waals surface area contributed by atoms with Gasteiger partial charge in [-0.1, -0.05) is 0 Å². The Kier molecular flexibility index (Phi) is 3.44. The number of anilines is 1. The third-order valence-electron chi connectivity index (χ3n) is 3.30. The first-order chi connectivity index (χ1) is 10.4. The Hall–Kier alpha value is -2.64. The van der Waals surface area contributed by atoms with Crippen LogP contribution >= 0.6 is 0 Å². The number of nitrogens with zero attached hydrogens (tertiary/aromatic N) is 5. The van der Waals surface area contributed by atoms with Gasteiger partial charge in [0.15, 0.2) is 5.65 Å². The predicted octanol–water partition coefficient (Wildman–Crippen LogP) is 1.18. The first-order valence-electron chi connectivity index (χ1n) is 7.13. The number of fused-ring (bicyclic) bond motifs is 1. The molecule has 0 bridgehead atoms. The second-order valence-corrected chi connectivity index (χ2v) is 6.11. The van der Waals surface area contributed by atoms with Crippen LogP contribution in [0.25, 0.3) is 11.0 Å². The van der Waals surface area contributed by atoms with Crippen LogP contribution in [0.1, 0.15) is 20.8 Å². The van der Waals surface area contributed by atoms with Crippen LogP contribution in [0.2, 0.25) is 0 Å². The minimum absolute atomic E-state index is 0.189. The highest BCUT2D eigenvalue weighted by Gasteiger charge is 2.19. The van der Waals surface area contributed by atoms with Gasteiger partial charge < -0.3 is 9.88 Å². The molecule has 0 fully saturated rings. The van der Waals surface area contributed by atoms with E-state index in [0.717, 1.165) is 6.54 Å². The van der Waals surface area contributed by atoms with Gasteiger partial charge in [0.2, 0.25) is 5.95 Å². The van der Waals surface area contributed by atoms with E-state index in [1.54, 1.807) is 23.4 Å². The molecule has 3 rings (SSSR count). The highest BCUT2D eigenvalue weighted by Crippen LogP contribution is 2.18. The van der Waals surface area contributed by atoms with Gasteiger partial charge in [-0.15, -0.1) is 0 Å². The van der Waals surface area contributed by atoms with Crippen molar-refractivity contribution in [2.45, 2.75) is 32.9 Å². The van der Waals surface area contributed by atoms with Gasteiger partial charge in [-0.3, -0.25) is 9.78 Å². The second kappa shape index (κ2) is 5.28. The highest BCUT2D eigenvalue weighted by atomic mass is 16.1. The zero-order chi connectivity index (χ0) is 15.7. The summed E-state index contributed by atoms with van der Waals surface area (Å²) in [4.78, 5) is 23.3. The van der Waals surface area contributed by atoms with Crippen molar-refractivity contribution in [1.82, 2.24) is 29.3 Å². The number of nitrogens with one attached hydrogen (secondary N) is 2. The Morgan fingerprint density at radius 2 is 2.18 bits per heavy atom. The van der Waals surface area contributed by atoms with E-state index < -0.39 is 0 Å². The number of hydrogen-bond donors (Lipinski definition) is 2. The SMILES string of the molecule is CC(C)(C)n1ncc2c(=O)[nH]c(NCCn3ccnc3)nc21. The topological polar surface area (TPSA) is 93.4 Å². The number of rotatable bonds is 4. The maximum atomic E-state index is 12.1. The van der Waals surface area contributed by atoms with Crippen LogP contribution in [-0.4, -0.2) is 35.8 Å². The quantitative estimate of drug-likeness (QED) is 0.755. The second-order valence-electron chi connectivity index (χ2n) is 6.11. The third kappa shape index (κ3) is 2.72. The van der Waals surface area contributed by atoms with Crippen LogP contribution in [0, 0.1) is 0 Å². The molecule has 2 N–H and O–H groups in total. The van der Waals surface area contributed by atoms with Crippen LogP contribution in [0.4, 0.5) is 5.95 Å². The Labute approximate surface area is 127 Å². The van der Waals surface area contributed by atoms with E-state index in [0.29, 0.717) is 23.5 Å². The lowest BCUT2D eigenvalue weighted by Gasteiger charge is -2.19. The van der Waals surface area contributed by atoms with Crippen molar-refractivity contribution in [2.75, 3.05) is 11.9 Å². The third-order valence-corrected chi connectivity index (χ3v) is 3.30. The molecule has 0 aliphatic rings. The molecular weight excluding hydrogens is 282 g/mol. The summed E-state index contributed by atoms with van der Waals surface area (Å²) in [6.45, 7) is 7.44. The summed E-state index contributed by atoms with van der Waals surface area (Å²) in [6, 6.07) is 0. The van der Waals surface area contributed by atoms with Gasteiger partial charge in [0, 0.05) is 25.5 Å². The first kappa shape index (κ1) is 14.3. The minimum atomic E-state index is -0.239. The van der Waals surface area contributed by atoms with Crippen molar-refractivity contribution in [3.8, 4) is 0 Å². The lowest BCUT2D eigenvalue weighted by molar-refractivity contribution is 0.366. The van der Waals surface area contributed by atoms with E-state index in [1.807, 2.05) is 31.5 Å². The summed E-state index contributed by atoms with van der Waals surface area (Å²) in [5, 5.41) is 7.91. The summed E-state index contributed by atoms with van der Waals surface area (Å²) >= 11 is 0. The summed E-state index contributed by atoms with van der Waals surface area (Å²) < 4.78 is 3.71. The number of aromatic amines is 1. The van der Waals surface area contributed by atoms with Crippen molar-refractivity contribution >= 4 is 17.0 Å². The van der Waals surface area contributed by atoms with Gasteiger partial charge in [-0.2, -0.15) is 10.1 Å². The number of aromatic nitrogens is 6. The molecule has 0 spiro atoms. The van der Waals surface area contributed by atoms with Crippen molar-refractivity contribution < 1.29 is 0 Å². The van der Waals surface area contributed by atoms with Gasteiger partial charge in [-0.05, 0) is 20.8 Å². The average Bonchev–Trinajstić information content (AvgIpc) is 3.06. The van der Waals surface area contributed by atoms with Gasteiger partial charge in [0.1, 0.15) is 5.39 Å². The molecule has 3 heterocycles. The Morgan fingerprint density at radius 1 is 1.36 bits per heavy atom. The summed E-state index contributed by atoms with van der Waals surface area (Å²) in [6.07, 6.45) is 6.92. The van der Waals surface area contributed by atoms with Crippen LogP contribution < -0.4 is 10.9 Å². The molecule has 3 aromatic heterocycles. The lowest BCUT2D eigenvalue weighted by atomic mass is 10.1. The van der Waals surface area contributed by atoms with Crippen LogP contribution in [0.3, 0.4) is 0 Å². The lowest BCUT2D eigenvalue weighted by Crippen LogP contribution is -2.24. The molecule has 116 valence electrons. The smallest absolute Gasteiger partial charge is 0.263 e. The van der Waals surface area contributed by atoms with Crippen molar-refractivity contribution in [3.63, 3.8) is 0 Å². The van der Waals surface area contributed by atoms with Gasteiger partial charge in [0.05, 0.1) is 18.1 Å². The molecule has 22 heavy (non-hydrogen) atoms. The Bertz CT molecular complexity index is 823. The largest absolute Gasteiger partial charge is 0.354 e. The summed E-state index contributed by atoms with van der Waals surface area (Å²) in [7, 11) is 0. The fourth-order valence-electron chi connectivity index (χ4n) is 2.22. The average molecular weight is 301 g/mol. The van der Waals surface area contributed by atoms with Gasteiger partial charge >= 0.3 is 0 Å². The van der Waals surface area contributed by atoms with E-state index in [9.17, 15) is 4.79 Å². The van der Waals surface area contributed by atoms with E-state index in [-0.39, 0.29) is 11.1 Å². The zero-order valence-corrected chi connectivity index (χ0v) is 12.9. The van der Waals surface area contributed by atoms with Crippen LogP contribution in [0.5, 0.6) is 0 Å². The molecule has 0 unspecified atom stereocenters. The van der Waals surface area contributed by atoms with Crippen LogP contribution in [-0.2, 0) is 12.1 Å². The summed E-state index contributed by atoms with van der Waals surface area (Å²) in [5.74, 6) is 0.448. The first-order valence-corrected chi connectivity index (χ1v) is 7.13. The molecule has 3 aromatic rings. The molecule has 0 amide bonds. The van der Waals surface area contributed by atoms with E-state index in [1.165, 1.54) is 0 Å². The van der Waals surface area contributed by atoms with Crippen molar-refractivity contribution in [3.05, 3.63) is 35.3 Å². The molecule has 0 aliphatic carbocycles. The normalized spacial score (nSPS) is 12.0. The number of imidazole rings is 1. The standard InChI is InChI=1S/C14H19N7O/c1-14(2,3)21-11-10(8-17-21)12(22)19-13(18-11)16-5-7-20-6-4-15-9-20/h4,6,8-9H,5,7H2,1-3H3,(H2,16,18,19,22). The zero-order valence-electron chi connectivity index (χ0n) is 12.9. The molecule has 0 atom stereocenters. The van der Waals surface area contributed by atoms with Crippen LogP contribution in [0.15, 0.2) is 29.7 Å². The molecule has 0 aromatic carbocycles. The number of hydrogen-bond acceptors (Lipinski definition) is 5. The van der Waals surface area contributed by atoms with E-state index in [2.05, 4.69) is 25.4 Å². The number of H-pyrrole nitrogens is 1. The molecule has 0 saturated heterocycles. The minimum Gasteiger partial charge on any atom is -0.354 e. The monoisotopic (exact) mass is 301 g/mol. The maximum Gasteiger partial charge on any atom is 0.263 e. The molecule has 0 aliphatic heterocycles. The fourth-order valence-corrected chi connectivity index (χ4v) is 2.22. The van der Waals surface area contributed by atoms with Gasteiger partial charge in [-0.25, -0.2) is 9.67 Å². The molecule has 8 nitrogen and oxygen atoms in total. The van der Waals surface area contributed by atoms with E-state index in [4.69, 9.17) is 0 Å². The highest BCUT2D eigenvalue weighted by molar-refractivity contribution is 5.74. The fraction of sp³-hybridized carbons (Fsp3) is 0.429. The van der Waals surface area contributed by atoms with Gasteiger partial charge in [0.25, 0.3) is 5.56 Å². The summed E-state index contributed by atoms with van der Waals surface area (Å²) in [5.41, 5.74) is 0.156. The predicted molar refractivity (Wildman–Crippen MR) is 83.9 cm³/mol. The van der Waals surface area contributed by atoms with Crippen molar-refractivity contribution in [1.29, 1.82) is 0 Å².